The third kappa shape index (κ3) is 4.90. The van der Waals surface area contributed by atoms with Crippen LogP contribution in [0.2, 0.25) is 5.02 Å². The van der Waals surface area contributed by atoms with Crippen LogP contribution < -0.4 is 5.32 Å². The fourth-order valence-corrected chi connectivity index (χ4v) is 3.69. The van der Waals surface area contributed by atoms with Crippen LogP contribution in [-0.2, 0) is 14.6 Å². The zero-order valence-electron chi connectivity index (χ0n) is 15.7. The van der Waals surface area contributed by atoms with E-state index in [4.69, 9.17) is 16.0 Å². The highest BCUT2D eigenvalue weighted by atomic mass is 35.5. The Morgan fingerprint density at radius 2 is 1.90 bits per heavy atom. The first-order valence-electron chi connectivity index (χ1n) is 8.69. The van der Waals surface area contributed by atoms with E-state index in [1.54, 1.807) is 56.3 Å². The molecule has 1 heterocycles. The fraction of sp³-hybridized carbons (Fsp3) is 0.150. The van der Waals surface area contributed by atoms with Gasteiger partial charge in [-0.1, -0.05) is 41.0 Å². The van der Waals surface area contributed by atoms with Crippen molar-refractivity contribution in [3.63, 3.8) is 0 Å². The number of sulfone groups is 1. The van der Waals surface area contributed by atoms with Gasteiger partial charge in [-0.05, 0) is 49.8 Å². The van der Waals surface area contributed by atoms with Crippen LogP contribution in [0.1, 0.15) is 19.4 Å². The van der Waals surface area contributed by atoms with E-state index in [-0.39, 0.29) is 16.8 Å². The van der Waals surface area contributed by atoms with E-state index in [1.165, 1.54) is 18.2 Å². The standard InChI is InChI=1S/C20H18ClN3O4S/c1-13(2)29(26,27)16-8-5-7-15(12-16)19-23-24-20(28-19)22-18(25)11-10-14-6-3-4-9-17(14)21/h3-13H,1-2H3,(H,22,24,25). The maximum atomic E-state index is 12.3. The summed E-state index contributed by atoms with van der Waals surface area (Å²) >= 11 is 6.04. The quantitative estimate of drug-likeness (QED) is 0.586. The second-order valence-corrected chi connectivity index (χ2v) is 9.29. The van der Waals surface area contributed by atoms with Crippen molar-refractivity contribution in [1.82, 2.24) is 10.2 Å². The molecule has 0 aliphatic rings. The molecule has 2 aromatic carbocycles. The van der Waals surface area contributed by atoms with E-state index in [0.717, 1.165) is 0 Å². The minimum atomic E-state index is -3.44. The van der Waals surface area contributed by atoms with Crippen molar-refractivity contribution in [3.8, 4) is 11.5 Å². The van der Waals surface area contributed by atoms with E-state index >= 15 is 0 Å². The van der Waals surface area contributed by atoms with Crippen LogP contribution in [0.3, 0.4) is 0 Å². The Hall–Kier alpha value is -2.97. The smallest absolute Gasteiger partial charge is 0.322 e. The number of nitrogens with one attached hydrogen (secondary N) is 1. The van der Waals surface area contributed by atoms with Gasteiger partial charge < -0.3 is 4.42 Å². The minimum Gasteiger partial charge on any atom is -0.403 e. The predicted octanol–water partition coefficient (Wildman–Crippen LogP) is 4.22. The lowest BCUT2D eigenvalue weighted by molar-refractivity contribution is -0.112. The first-order valence-corrected chi connectivity index (χ1v) is 10.6. The van der Waals surface area contributed by atoms with Crippen LogP contribution in [0.4, 0.5) is 6.01 Å². The molecule has 1 N–H and O–H groups in total. The molecule has 150 valence electrons. The molecule has 0 saturated carbocycles. The van der Waals surface area contributed by atoms with Crippen LogP contribution in [-0.4, -0.2) is 29.8 Å². The summed E-state index contributed by atoms with van der Waals surface area (Å²) in [6.45, 7) is 3.22. The van der Waals surface area contributed by atoms with Gasteiger partial charge in [-0.2, -0.15) is 0 Å². The number of amides is 1. The van der Waals surface area contributed by atoms with E-state index < -0.39 is 21.0 Å². The van der Waals surface area contributed by atoms with E-state index in [9.17, 15) is 13.2 Å². The van der Waals surface area contributed by atoms with E-state index in [2.05, 4.69) is 15.5 Å². The Labute approximate surface area is 173 Å². The Kier molecular flexibility index (Phi) is 6.14. The maximum absolute atomic E-state index is 12.3. The molecule has 3 rings (SSSR count). The lowest BCUT2D eigenvalue weighted by Gasteiger charge is -2.08. The molecule has 1 amide bonds. The number of carbonyl (C=O) groups excluding carboxylic acids is 1. The van der Waals surface area contributed by atoms with Gasteiger partial charge in [-0.25, -0.2) is 8.42 Å². The van der Waals surface area contributed by atoms with Crippen LogP contribution >= 0.6 is 11.6 Å². The van der Waals surface area contributed by atoms with Gasteiger partial charge in [0.05, 0.1) is 10.1 Å². The van der Waals surface area contributed by atoms with Gasteiger partial charge >= 0.3 is 6.01 Å². The van der Waals surface area contributed by atoms with Crippen molar-refractivity contribution in [2.45, 2.75) is 24.0 Å². The normalized spacial score (nSPS) is 11.9. The molecule has 0 atom stereocenters. The first-order chi connectivity index (χ1) is 13.8. The zero-order valence-corrected chi connectivity index (χ0v) is 17.2. The maximum Gasteiger partial charge on any atom is 0.322 e. The number of rotatable bonds is 6. The Bertz CT molecular complexity index is 1170. The molecule has 9 heteroatoms. The van der Waals surface area contributed by atoms with Gasteiger partial charge in [0.25, 0.3) is 5.91 Å². The monoisotopic (exact) mass is 431 g/mol. The van der Waals surface area contributed by atoms with Crippen molar-refractivity contribution in [2.75, 3.05) is 5.32 Å². The summed E-state index contributed by atoms with van der Waals surface area (Å²) in [7, 11) is -3.44. The highest BCUT2D eigenvalue weighted by Gasteiger charge is 2.20. The second-order valence-electron chi connectivity index (χ2n) is 6.38. The van der Waals surface area contributed by atoms with Crippen molar-refractivity contribution in [1.29, 1.82) is 0 Å². The number of hydrogen-bond donors (Lipinski definition) is 1. The Morgan fingerprint density at radius 3 is 2.62 bits per heavy atom. The lowest BCUT2D eigenvalue weighted by Crippen LogP contribution is -2.13. The summed E-state index contributed by atoms with van der Waals surface area (Å²) in [4.78, 5) is 12.2. The van der Waals surface area contributed by atoms with E-state index in [0.29, 0.717) is 16.1 Å². The number of carbonyl (C=O) groups is 1. The molecule has 7 nitrogen and oxygen atoms in total. The third-order valence-corrected chi connectivity index (χ3v) is 6.50. The van der Waals surface area contributed by atoms with Crippen LogP contribution in [0.25, 0.3) is 17.5 Å². The summed E-state index contributed by atoms with van der Waals surface area (Å²) in [6.07, 6.45) is 2.86. The predicted molar refractivity (Wildman–Crippen MR) is 111 cm³/mol. The number of halogens is 1. The largest absolute Gasteiger partial charge is 0.403 e. The van der Waals surface area contributed by atoms with Gasteiger partial charge in [0.1, 0.15) is 0 Å². The molecular formula is C20H18ClN3O4S. The van der Waals surface area contributed by atoms with Crippen molar-refractivity contribution < 1.29 is 17.6 Å². The van der Waals surface area contributed by atoms with Crippen LogP contribution in [0.15, 0.2) is 63.9 Å². The molecule has 0 fully saturated rings. The minimum absolute atomic E-state index is 0.0937. The topological polar surface area (TPSA) is 102 Å². The molecule has 0 aliphatic carbocycles. The van der Waals surface area contributed by atoms with Gasteiger partial charge in [-0.15, -0.1) is 5.10 Å². The molecule has 0 saturated heterocycles. The molecule has 0 spiro atoms. The third-order valence-electron chi connectivity index (χ3n) is 4.00. The highest BCUT2D eigenvalue weighted by molar-refractivity contribution is 7.92. The van der Waals surface area contributed by atoms with Crippen molar-refractivity contribution in [2.24, 2.45) is 0 Å². The first kappa shape index (κ1) is 20.8. The molecule has 0 aliphatic heterocycles. The molecule has 0 unspecified atom stereocenters. The number of anilines is 1. The molecule has 0 bridgehead atoms. The average Bonchev–Trinajstić information content (AvgIpc) is 3.16. The summed E-state index contributed by atoms with van der Waals surface area (Å²) in [5.74, 6) is -0.382. The van der Waals surface area contributed by atoms with Gasteiger partial charge in [0, 0.05) is 16.7 Å². The number of hydrogen-bond acceptors (Lipinski definition) is 6. The Balaban J connectivity index is 1.75. The number of nitrogens with zero attached hydrogens (tertiary/aromatic N) is 2. The zero-order chi connectivity index (χ0) is 21.0. The molecule has 1 aromatic heterocycles. The van der Waals surface area contributed by atoms with Crippen molar-refractivity contribution in [3.05, 3.63) is 65.2 Å². The van der Waals surface area contributed by atoms with Gasteiger partial charge in [0.15, 0.2) is 9.84 Å². The van der Waals surface area contributed by atoms with Gasteiger partial charge in [-0.3, -0.25) is 10.1 Å². The highest BCUT2D eigenvalue weighted by Crippen LogP contribution is 2.25. The van der Waals surface area contributed by atoms with E-state index in [1.807, 2.05) is 0 Å². The summed E-state index contributed by atoms with van der Waals surface area (Å²) < 4.78 is 30.1. The molecule has 29 heavy (non-hydrogen) atoms. The number of benzene rings is 2. The lowest BCUT2D eigenvalue weighted by atomic mass is 10.2. The molecular weight excluding hydrogens is 414 g/mol. The SMILES string of the molecule is CC(C)S(=O)(=O)c1cccc(-c2nnc(NC(=O)C=Cc3ccccc3Cl)o2)c1. The summed E-state index contributed by atoms with van der Waals surface area (Å²) in [6, 6.07) is 13.2. The van der Waals surface area contributed by atoms with Crippen molar-refractivity contribution >= 4 is 39.4 Å². The van der Waals surface area contributed by atoms with Crippen LogP contribution in [0, 0.1) is 0 Å². The number of aromatic nitrogens is 2. The Morgan fingerprint density at radius 1 is 1.14 bits per heavy atom. The molecule has 3 aromatic rings. The second kappa shape index (κ2) is 8.59. The fourth-order valence-electron chi connectivity index (χ4n) is 2.39. The van der Waals surface area contributed by atoms with Crippen LogP contribution in [0.5, 0.6) is 0 Å². The molecule has 0 radical (unpaired) electrons. The van der Waals surface area contributed by atoms with Gasteiger partial charge in [0.2, 0.25) is 5.89 Å². The average molecular weight is 432 g/mol. The summed E-state index contributed by atoms with van der Waals surface area (Å²) in [5, 5.41) is 10.1. The summed E-state index contributed by atoms with van der Waals surface area (Å²) in [5.41, 5.74) is 1.13.